The summed E-state index contributed by atoms with van der Waals surface area (Å²) >= 11 is 0. The molecular formula is C14H23N3O5. The van der Waals surface area contributed by atoms with Gasteiger partial charge in [0.25, 0.3) is 0 Å². The van der Waals surface area contributed by atoms with Crippen LogP contribution in [0.4, 0.5) is 5.82 Å². The van der Waals surface area contributed by atoms with Gasteiger partial charge in [0.2, 0.25) is 0 Å². The monoisotopic (exact) mass is 313 g/mol. The van der Waals surface area contributed by atoms with Gasteiger partial charge in [0.05, 0.1) is 6.10 Å². The minimum atomic E-state index is -1.33. The zero-order chi connectivity index (χ0) is 16.4. The summed E-state index contributed by atoms with van der Waals surface area (Å²) in [6.07, 6.45) is -2.02. The van der Waals surface area contributed by atoms with Gasteiger partial charge in [-0.2, -0.15) is 4.98 Å². The van der Waals surface area contributed by atoms with Gasteiger partial charge < -0.3 is 25.8 Å². The standard InChI is InChI=1S/C14H23N3O5/c1-3-4-5-8(18)11-9(19)10(20)13(22-11)17-6-7(2)12(15)16-14(17)21/h6,8-11,13,18-20H,3-5H2,1-2H3,(H2,15,16,21)/t8-,9-,10+,11+,13+/m0/s1. The molecule has 8 nitrogen and oxygen atoms in total. The Morgan fingerprint density at radius 3 is 2.77 bits per heavy atom. The van der Waals surface area contributed by atoms with Gasteiger partial charge in [0.1, 0.15) is 24.1 Å². The SMILES string of the molecule is CCCC[C@H](O)[C@H]1O[C@@H](n2cc(C)c(N)nc2=O)[C@H](O)[C@@H]1O. The van der Waals surface area contributed by atoms with Crippen LogP contribution in [0.5, 0.6) is 0 Å². The molecule has 2 rings (SSSR count). The molecule has 1 aliphatic rings. The summed E-state index contributed by atoms with van der Waals surface area (Å²) in [7, 11) is 0. The first-order valence-electron chi connectivity index (χ1n) is 7.41. The van der Waals surface area contributed by atoms with Gasteiger partial charge in [-0.05, 0) is 13.3 Å². The van der Waals surface area contributed by atoms with Crippen molar-refractivity contribution in [1.29, 1.82) is 0 Å². The number of nitrogens with two attached hydrogens (primary N) is 1. The Kier molecular flexibility index (Phi) is 5.17. The number of nitrogens with zero attached hydrogens (tertiary/aromatic N) is 2. The van der Waals surface area contributed by atoms with Crippen molar-refractivity contribution < 1.29 is 20.1 Å². The lowest BCUT2D eigenvalue weighted by Crippen LogP contribution is -2.39. The molecule has 8 heteroatoms. The maximum Gasteiger partial charge on any atom is 0.351 e. The number of hydrogen-bond donors (Lipinski definition) is 4. The van der Waals surface area contributed by atoms with Crippen molar-refractivity contribution in [3.05, 3.63) is 22.2 Å². The van der Waals surface area contributed by atoms with E-state index in [-0.39, 0.29) is 5.82 Å². The van der Waals surface area contributed by atoms with E-state index in [9.17, 15) is 20.1 Å². The fraction of sp³-hybridized carbons (Fsp3) is 0.714. The zero-order valence-corrected chi connectivity index (χ0v) is 12.7. The summed E-state index contributed by atoms with van der Waals surface area (Å²) in [5.41, 5.74) is 5.44. The number of aromatic nitrogens is 2. The van der Waals surface area contributed by atoms with Crippen LogP contribution in [0.25, 0.3) is 0 Å². The molecule has 5 atom stereocenters. The number of unbranched alkanes of at least 4 members (excludes halogenated alkanes) is 1. The largest absolute Gasteiger partial charge is 0.390 e. The van der Waals surface area contributed by atoms with Crippen molar-refractivity contribution in [3.8, 4) is 0 Å². The highest BCUT2D eigenvalue weighted by atomic mass is 16.6. The normalized spacial score (nSPS) is 29.7. The molecule has 1 aromatic rings. The number of aliphatic hydroxyl groups is 3. The fourth-order valence-electron chi connectivity index (χ4n) is 2.57. The fourth-order valence-corrected chi connectivity index (χ4v) is 2.57. The van der Waals surface area contributed by atoms with Gasteiger partial charge in [-0.1, -0.05) is 19.8 Å². The highest BCUT2D eigenvalue weighted by Crippen LogP contribution is 2.31. The number of aryl methyl sites for hydroxylation is 1. The Labute approximate surface area is 128 Å². The molecule has 0 unspecified atom stereocenters. The van der Waals surface area contributed by atoms with E-state index in [0.717, 1.165) is 17.4 Å². The molecule has 2 heterocycles. The maximum absolute atomic E-state index is 11.9. The van der Waals surface area contributed by atoms with E-state index < -0.39 is 36.3 Å². The molecular weight excluding hydrogens is 290 g/mol. The van der Waals surface area contributed by atoms with E-state index in [4.69, 9.17) is 10.5 Å². The number of hydrogen-bond acceptors (Lipinski definition) is 7. The van der Waals surface area contributed by atoms with E-state index in [1.165, 1.54) is 6.20 Å². The van der Waals surface area contributed by atoms with Gasteiger partial charge in [-0.25, -0.2) is 4.79 Å². The van der Waals surface area contributed by atoms with E-state index >= 15 is 0 Å². The molecule has 1 aliphatic heterocycles. The third-order valence-electron chi connectivity index (χ3n) is 3.96. The van der Waals surface area contributed by atoms with E-state index in [2.05, 4.69) is 4.98 Å². The minimum absolute atomic E-state index is 0.105. The third kappa shape index (κ3) is 3.14. The van der Waals surface area contributed by atoms with Crippen molar-refractivity contribution in [2.45, 2.75) is 63.8 Å². The summed E-state index contributed by atoms with van der Waals surface area (Å²) in [5.74, 6) is 0.105. The van der Waals surface area contributed by atoms with Gasteiger partial charge in [0, 0.05) is 11.8 Å². The number of anilines is 1. The van der Waals surface area contributed by atoms with Crippen LogP contribution in [0.15, 0.2) is 11.0 Å². The predicted molar refractivity (Wildman–Crippen MR) is 79.1 cm³/mol. The molecule has 1 aromatic heterocycles. The number of ether oxygens (including phenoxy) is 1. The van der Waals surface area contributed by atoms with Crippen LogP contribution in [-0.4, -0.2) is 49.3 Å². The van der Waals surface area contributed by atoms with Gasteiger partial charge in [0.15, 0.2) is 6.23 Å². The molecule has 1 fully saturated rings. The molecule has 0 aliphatic carbocycles. The summed E-state index contributed by atoms with van der Waals surface area (Å²) in [5, 5.41) is 30.3. The quantitative estimate of drug-likeness (QED) is 0.565. The molecule has 0 aromatic carbocycles. The maximum atomic E-state index is 11.9. The average molecular weight is 313 g/mol. The molecule has 22 heavy (non-hydrogen) atoms. The van der Waals surface area contributed by atoms with Crippen molar-refractivity contribution in [1.82, 2.24) is 9.55 Å². The first kappa shape index (κ1) is 16.9. The summed E-state index contributed by atoms with van der Waals surface area (Å²) in [6, 6.07) is 0. The Morgan fingerprint density at radius 2 is 2.14 bits per heavy atom. The molecule has 0 saturated carbocycles. The van der Waals surface area contributed by atoms with Crippen LogP contribution in [0.3, 0.4) is 0 Å². The summed E-state index contributed by atoms with van der Waals surface area (Å²) < 4.78 is 6.63. The van der Waals surface area contributed by atoms with E-state index in [0.29, 0.717) is 12.0 Å². The van der Waals surface area contributed by atoms with Crippen molar-refractivity contribution in [2.24, 2.45) is 0 Å². The highest BCUT2D eigenvalue weighted by Gasteiger charge is 2.46. The van der Waals surface area contributed by atoms with Crippen LogP contribution in [0, 0.1) is 6.92 Å². The Morgan fingerprint density at radius 1 is 1.45 bits per heavy atom. The zero-order valence-electron chi connectivity index (χ0n) is 12.7. The van der Waals surface area contributed by atoms with Gasteiger partial charge in [-0.15, -0.1) is 0 Å². The number of nitrogen functional groups attached to an aromatic ring is 1. The summed E-state index contributed by atoms with van der Waals surface area (Å²) in [4.78, 5) is 15.6. The van der Waals surface area contributed by atoms with Crippen molar-refractivity contribution in [3.63, 3.8) is 0 Å². The van der Waals surface area contributed by atoms with Crippen molar-refractivity contribution in [2.75, 3.05) is 5.73 Å². The molecule has 0 amide bonds. The van der Waals surface area contributed by atoms with Crippen LogP contribution in [-0.2, 0) is 4.74 Å². The number of aliphatic hydroxyl groups excluding tert-OH is 3. The average Bonchev–Trinajstić information content (AvgIpc) is 2.77. The predicted octanol–water partition coefficient (Wildman–Crippen LogP) is -0.696. The minimum Gasteiger partial charge on any atom is -0.390 e. The first-order valence-corrected chi connectivity index (χ1v) is 7.41. The lowest BCUT2D eigenvalue weighted by Gasteiger charge is -2.21. The molecule has 124 valence electrons. The van der Waals surface area contributed by atoms with Crippen LogP contribution >= 0.6 is 0 Å². The second-order valence-electron chi connectivity index (χ2n) is 5.68. The topological polar surface area (TPSA) is 131 Å². The van der Waals surface area contributed by atoms with E-state index in [1.807, 2.05) is 6.92 Å². The molecule has 1 saturated heterocycles. The van der Waals surface area contributed by atoms with Gasteiger partial charge >= 0.3 is 5.69 Å². The van der Waals surface area contributed by atoms with Crippen LogP contribution in [0.1, 0.15) is 38.0 Å². The lowest BCUT2D eigenvalue weighted by molar-refractivity contribution is -0.0881. The van der Waals surface area contributed by atoms with E-state index in [1.54, 1.807) is 6.92 Å². The molecule has 0 bridgehead atoms. The smallest absolute Gasteiger partial charge is 0.351 e. The second kappa shape index (κ2) is 6.74. The summed E-state index contributed by atoms with van der Waals surface area (Å²) in [6.45, 7) is 3.66. The molecule has 0 spiro atoms. The Bertz CT molecular complexity index is 576. The highest BCUT2D eigenvalue weighted by molar-refractivity contribution is 5.35. The Hall–Kier alpha value is -1.48. The molecule has 5 N–H and O–H groups in total. The third-order valence-corrected chi connectivity index (χ3v) is 3.96. The Balaban J connectivity index is 2.23. The number of rotatable bonds is 5. The molecule has 0 radical (unpaired) electrons. The van der Waals surface area contributed by atoms with Gasteiger partial charge in [-0.3, -0.25) is 4.57 Å². The van der Waals surface area contributed by atoms with Crippen LogP contribution < -0.4 is 11.4 Å². The van der Waals surface area contributed by atoms with Crippen molar-refractivity contribution >= 4 is 5.82 Å². The lowest BCUT2D eigenvalue weighted by atomic mass is 10.0. The second-order valence-corrected chi connectivity index (χ2v) is 5.68. The van der Waals surface area contributed by atoms with Crippen LogP contribution in [0.2, 0.25) is 0 Å². The first-order chi connectivity index (χ1) is 10.4.